The fourth-order valence-electron chi connectivity index (χ4n) is 1.42. The minimum absolute atomic E-state index is 0.199. The van der Waals surface area contributed by atoms with Crippen LogP contribution in [-0.4, -0.2) is 23.2 Å². The van der Waals surface area contributed by atoms with Crippen LogP contribution in [-0.2, 0) is 0 Å². The van der Waals surface area contributed by atoms with Gasteiger partial charge in [-0.25, -0.2) is 4.79 Å². The summed E-state index contributed by atoms with van der Waals surface area (Å²) in [7, 11) is 1.60. The lowest BCUT2D eigenvalue weighted by Gasteiger charge is -2.06. The average molecular weight is 261 g/mol. The van der Waals surface area contributed by atoms with Gasteiger partial charge in [-0.3, -0.25) is 4.98 Å². The molecule has 5 heteroatoms. The summed E-state index contributed by atoms with van der Waals surface area (Å²) in [4.78, 5) is 16.5. The highest BCUT2D eigenvalue weighted by Gasteiger charge is 2.11. The number of methoxy groups -OCH3 is 1. The van der Waals surface area contributed by atoms with Gasteiger partial charge in [0, 0.05) is 22.2 Å². The van der Waals surface area contributed by atoms with Crippen LogP contribution in [0.5, 0.6) is 5.75 Å². The zero-order valence-corrected chi connectivity index (χ0v) is 10.5. The third kappa shape index (κ3) is 2.81. The van der Waals surface area contributed by atoms with Crippen LogP contribution in [0.2, 0.25) is 0 Å². The molecule has 0 saturated heterocycles. The number of pyridine rings is 1. The molecule has 92 valence electrons. The summed E-state index contributed by atoms with van der Waals surface area (Å²) in [5.41, 5.74) is 0.199. The van der Waals surface area contributed by atoms with Crippen LogP contribution in [0.25, 0.3) is 0 Å². The van der Waals surface area contributed by atoms with Gasteiger partial charge in [-0.1, -0.05) is 17.8 Å². The van der Waals surface area contributed by atoms with Crippen molar-refractivity contribution in [2.45, 2.75) is 9.79 Å². The Morgan fingerprint density at radius 1 is 1.39 bits per heavy atom. The third-order valence-corrected chi connectivity index (χ3v) is 3.35. The van der Waals surface area contributed by atoms with Crippen molar-refractivity contribution in [3.05, 3.63) is 48.3 Å². The molecule has 0 fully saturated rings. The molecule has 1 heterocycles. The minimum atomic E-state index is -0.978. The first-order chi connectivity index (χ1) is 8.70. The van der Waals surface area contributed by atoms with Crippen LogP contribution >= 0.6 is 11.8 Å². The molecule has 2 aromatic rings. The minimum Gasteiger partial charge on any atom is -0.497 e. The van der Waals surface area contributed by atoms with Crippen molar-refractivity contribution >= 4 is 17.7 Å². The van der Waals surface area contributed by atoms with Gasteiger partial charge in [0.25, 0.3) is 0 Å². The number of ether oxygens (including phenoxy) is 1. The van der Waals surface area contributed by atoms with Crippen molar-refractivity contribution in [2.24, 2.45) is 0 Å². The van der Waals surface area contributed by atoms with Crippen molar-refractivity contribution < 1.29 is 14.6 Å². The second-order valence-electron chi connectivity index (χ2n) is 3.46. The fraction of sp³-hybridized carbons (Fsp3) is 0.0769. The molecule has 1 N–H and O–H groups in total. The van der Waals surface area contributed by atoms with Gasteiger partial charge in [-0.05, 0) is 24.3 Å². The molecule has 0 aliphatic heterocycles. The van der Waals surface area contributed by atoms with Gasteiger partial charge >= 0.3 is 5.97 Å². The predicted octanol–water partition coefficient (Wildman–Crippen LogP) is 2.94. The number of hydrogen-bond acceptors (Lipinski definition) is 4. The number of benzene rings is 1. The van der Waals surface area contributed by atoms with Crippen molar-refractivity contribution in [2.75, 3.05) is 7.11 Å². The summed E-state index contributed by atoms with van der Waals surface area (Å²) in [6, 6.07) is 9.15. The maximum Gasteiger partial charge on any atom is 0.338 e. The Morgan fingerprint density at radius 3 is 2.94 bits per heavy atom. The van der Waals surface area contributed by atoms with Gasteiger partial charge in [0.1, 0.15) is 5.75 Å². The topological polar surface area (TPSA) is 59.4 Å². The van der Waals surface area contributed by atoms with E-state index in [0.717, 1.165) is 10.6 Å². The number of nitrogens with zero attached hydrogens (tertiary/aromatic N) is 1. The summed E-state index contributed by atoms with van der Waals surface area (Å²) in [5, 5.41) is 9.07. The van der Waals surface area contributed by atoms with Crippen molar-refractivity contribution in [3.8, 4) is 5.75 Å². The van der Waals surface area contributed by atoms with E-state index < -0.39 is 5.97 Å². The Labute approximate surface area is 109 Å². The third-order valence-electron chi connectivity index (χ3n) is 2.28. The number of rotatable bonds is 4. The highest BCUT2D eigenvalue weighted by molar-refractivity contribution is 7.99. The van der Waals surface area contributed by atoms with E-state index in [1.165, 1.54) is 18.0 Å². The van der Waals surface area contributed by atoms with E-state index in [9.17, 15) is 4.79 Å². The van der Waals surface area contributed by atoms with E-state index in [0.29, 0.717) is 4.90 Å². The lowest BCUT2D eigenvalue weighted by molar-refractivity contribution is 0.0692. The van der Waals surface area contributed by atoms with E-state index in [1.807, 2.05) is 24.3 Å². The quantitative estimate of drug-likeness (QED) is 0.917. The molecule has 0 aliphatic carbocycles. The molecule has 0 spiro atoms. The number of aromatic carboxylic acids is 1. The Hall–Kier alpha value is -2.01. The lowest BCUT2D eigenvalue weighted by atomic mass is 10.3. The summed E-state index contributed by atoms with van der Waals surface area (Å²) in [5.74, 6) is -0.237. The van der Waals surface area contributed by atoms with E-state index in [1.54, 1.807) is 19.4 Å². The first kappa shape index (κ1) is 12.4. The van der Waals surface area contributed by atoms with Gasteiger partial charge in [-0.2, -0.15) is 0 Å². The van der Waals surface area contributed by atoms with Gasteiger partial charge in [0.15, 0.2) is 0 Å². The zero-order chi connectivity index (χ0) is 13.0. The summed E-state index contributed by atoms with van der Waals surface area (Å²) in [6.07, 6.45) is 2.93. The molecule has 0 aliphatic rings. The molecule has 2 rings (SSSR count). The highest BCUT2D eigenvalue weighted by atomic mass is 32.2. The van der Waals surface area contributed by atoms with E-state index in [2.05, 4.69) is 4.98 Å². The second kappa shape index (κ2) is 5.55. The molecular formula is C13H11NO3S. The van der Waals surface area contributed by atoms with Crippen LogP contribution in [0.15, 0.2) is 52.5 Å². The number of carboxylic acids is 1. The number of aromatic nitrogens is 1. The maximum atomic E-state index is 11.1. The second-order valence-corrected chi connectivity index (χ2v) is 4.57. The number of carboxylic acid groups (broad SMARTS) is 1. The van der Waals surface area contributed by atoms with E-state index in [4.69, 9.17) is 9.84 Å². The summed E-state index contributed by atoms with van der Waals surface area (Å²) >= 11 is 1.37. The number of carbonyl (C=O) groups is 1. The molecule has 0 amide bonds. The molecular weight excluding hydrogens is 250 g/mol. The maximum absolute atomic E-state index is 11.1. The molecule has 0 radical (unpaired) electrons. The van der Waals surface area contributed by atoms with Crippen molar-refractivity contribution in [1.82, 2.24) is 4.98 Å². The smallest absolute Gasteiger partial charge is 0.338 e. The Bertz CT molecular complexity index is 572. The van der Waals surface area contributed by atoms with Gasteiger partial charge in [-0.15, -0.1) is 0 Å². The standard InChI is InChI=1S/C13H11NO3S/c1-17-9-3-2-4-10(7-9)18-12-5-6-14-8-11(12)13(15)16/h2-8H,1H3,(H,15,16). The van der Waals surface area contributed by atoms with Crippen LogP contribution in [0, 0.1) is 0 Å². The fourth-order valence-corrected chi connectivity index (χ4v) is 2.38. The number of hydrogen-bond donors (Lipinski definition) is 1. The van der Waals surface area contributed by atoms with Crippen LogP contribution in [0.3, 0.4) is 0 Å². The molecule has 18 heavy (non-hydrogen) atoms. The normalized spacial score (nSPS) is 10.1. The molecule has 1 aromatic carbocycles. The van der Waals surface area contributed by atoms with Crippen molar-refractivity contribution in [3.63, 3.8) is 0 Å². The largest absolute Gasteiger partial charge is 0.497 e. The van der Waals surface area contributed by atoms with Crippen molar-refractivity contribution in [1.29, 1.82) is 0 Å². The molecule has 0 unspecified atom stereocenters. The Morgan fingerprint density at radius 2 is 2.22 bits per heavy atom. The van der Waals surface area contributed by atoms with Gasteiger partial charge in [0.2, 0.25) is 0 Å². The molecule has 0 saturated carbocycles. The van der Waals surface area contributed by atoms with Crippen LogP contribution in [0.1, 0.15) is 10.4 Å². The SMILES string of the molecule is COc1cccc(Sc2ccncc2C(=O)O)c1. The predicted molar refractivity (Wildman–Crippen MR) is 68.3 cm³/mol. The average Bonchev–Trinajstić information content (AvgIpc) is 2.39. The van der Waals surface area contributed by atoms with Crippen LogP contribution < -0.4 is 4.74 Å². The zero-order valence-electron chi connectivity index (χ0n) is 9.66. The monoisotopic (exact) mass is 261 g/mol. The van der Waals surface area contributed by atoms with Crippen LogP contribution in [0.4, 0.5) is 0 Å². The molecule has 0 bridgehead atoms. The van der Waals surface area contributed by atoms with Gasteiger partial charge < -0.3 is 9.84 Å². The summed E-state index contributed by atoms with van der Waals surface area (Å²) in [6.45, 7) is 0. The van der Waals surface area contributed by atoms with E-state index >= 15 is 0 Å². The molecule has 4 nitrogen and oxygen atoms in total. The highest BCUT2D eigenvalue weighted by Crippen LogP contribution is 2.31. The summed E-state index contributed by atoms with van der Waals surface area (Å²) < 4.78 is 5.13. The first-order valence-electron chi connectivity index (χ1n) is 5.20. The van der Waals surface area contributed by atoms with Gasteiger partial charge in [0.05, 0.1) is 12.7 Å². The Balaban J connectivity index is 2.31. The molecule has 1 aromatic heterocycles. The Kier molecular flexibility index (Phi) is 3.84. The lowest BCUT2D eigenvalue weighted by Crippen LogP contribution is -1.99. The molecule has 0 atom stereocenters. The van der Waals surface area contributed by atoms with E-state index in [-0.39, 0.29) is 5.56 Å². The first-order valence-corrected chi connectivity index (χ1v) is 6.01.